The molecule has 1 aromatic carbocycles. The fraction of sp³-hybridized carbons (Fsp3) is 0.188. The molecule has 126 valence electrons. The summed E-state index contributed by atoms with van der Waals surface area (Å²) >= 11 is 0. The molecule has 0 spiro atoms. The van der Waals surface area contributed by atoms with Crippen molar-refractivity contribution >= 4 is 23.9 Å². The van der Waals surface area contributed by atoms with Gasteiger partial charge in [-0.1, -0.05) is 6.07 Å². The van der Waals surface area contributed by atoms with Crippen molar-refractivity contribution in [3.05, 3.63) is 52.7 Å². The number of nitrogens with one attached hydrogen (secondary N) is 2. The third-order valence-electron chi connectivity index (χ3n) is 3.18. The fourth-order valence-corrected chi connectivity index (χ4v) is 2.00. The summed E-state index contributed by atoms with van der Waals surface area (Å²) in [4.78, 5) is 26.1. The first kappa shape index (κ1) is 17.3. The molecule has 8 heteroatoms. The number of esters is 1. The average molecular weight is 335 g/mol. The maximum absolute atomic E-state index is 14.0. The van der Waals surface area contributed by atoms with Crippen LogP contribution in [-0.4, -0.2) is 24.5 Å². The van der Waals surface area contributed by atoms with Crippen LogP contribution in [0.5, 0.6) is 0 Å². The van der Waals surface area contributed by atoms with Gasteiger partial charge in [-0.05, 0) is 30.7 Å². The number of pyridine rings is 1. The van der Waals surface area contributed by atoms with E-state index in [1.807, 2.05) is 0 Å². The lowest BCUT2D eigenvalue weighted by atomic mass is 10.2. The normalized spacial score (nSPS) is 10.2. The monoisotopic (exact) mass is 335 g/mol. The summed E-state index contributed by atoms with van der Waals surface area (Å²) in [6.45, 7) is 1.55. The molecule has 24 heavy (non-hydrogen) atoms. The molecule has 0 unspecified atom stereocenters. The number of methoxy groups -OCH3 is 1. The van der Waals surface area contributed by atoms with Gasteiger partial charge in [-0.25, -0.2) is 18.6 Å². The molecule has 6 nitrogen and oxygen atoms in total. The lowest BCUT2D eigenvalue weighted by Gasteiger charge is -2.13. The number of anilines is 2. The summed E-state index contributed by atoms with van der Waals surface area (Å²) < 4.78 is 32.6. The van der Waals surface area contributed by atoms with Crippen molar-refractivity contribution in [3.8, 4) is 0 Å². The maximum Gasteiger partial charge on any atom is 0.341 e. The number of halogens is 2. The van der Waals surface area contributed by atoms with E-state index in [4.69, 9.17) is 0 Å². The van der Waals surface area contributed by atoms with Crippen molar-refractivity contribution in [2.75, 3.05) is 12.4 Å². The van der Waals surface area contributed by atoms with Gasteiger partial charge in [-0.3, -0.25) is 4.79 Å². The summed E-state index contributed by atoms with van der Waals surface area (Å²) in [6, 6.07) is 5.37. The van der Waals surface area contributed by atoms with E-state index in [2.05, 4.69) is 20.4 Å². The second-order valence-corrected chi connectivity index (χ2v) is 4.91. The number of hydrogen-bond donors (Lipinski definition) is 2. The molecule has 1 amide bonds. The van der Waals surface area contributed by atoms with Crippen LogP contribution in [0, 0.1) is 18.6 Å². The van der Waals surface area contributed by atoms with Crippen LogP contribution in [0.15, 0.2) is 24.3 Å². The predicted octanol–water partition coefficient (Wildman–Crippen LogP) is 2.44. The molecule has 0 aliphatic heterocycles. The van der Waals surface area contributed by atoms with Crippen LogP contribution in [0.1, 0.15) is 21.6 Å². The van der Waals surface area contributed by atoms with Crippen molar-refractivity contribution < 1.29 is 23.1 Å². The van der Waals surface area contributed by atoms with Crippen molar-refractivity contribution in [1.82, 2.24) is 10.3 Å². The van der Waals surface area contributed by atoms with E-state index in [0.29, 0.717) is 12.0 Å². The number of amides is 1. The molecule has 2 aromatic rings. The van der Waals surface area contributed by atoms with Crippen LogP contribution in [-0.2, 0) is 16.1 Å². The molecule has 0 radical (unpaired) electrons. The van der Waals surface area contributed by atoms with Gasteiger partial charge in [0.2, 0.25) is 6.41 Å². The first-order valence-corrected chi connectivity index (χ1v) is 6.94. The summed E-state index contributed by atoms with van der Waals surface area (Å²) in [5, 5.41) is 4.93. The fourth-order valence-electron chi connectivity index (χ4n) is 2.00. The molecule has 1 heterocycles. The van der Waals surface area contributed by atoms with E-state index < -0.39 is 17.6 Å². The lowest BCUT2D eigenvalue weighted by molar-refractivity contribution is -0.109. The third-order valence-corrected chi connectivity index (χ3v) is 3.18. The highest BCUT2D eigenvalue weighted by molar-refractivity contribution is 5.95. The van der Waals surface area contributed by atoms with Crippen LogP contribution in [0.25, 0.3) is 0 Å². The minimum Gasteiger partial charge on any atom is -0.465 e. The Kier molecular flexibility index (Phi) is 5.41. The standard InChI is InChI=1S/C16H15F2N3O3/c1-9-3-4-13(11(17)5-9)20-15-10(16(23)24-2)6-12(18)14(21-15)7-19-8-22/h3-6,8H,7H2,1-2H3,(H,19,22)(H,20,21). The topological polar surface area (TPSA) is 80.3 Å². The zero-order valence-corrected chi connectivity index (χ0v) is 13.0. The van der Waals surface area contributed by atoms with Crippen LogP contribution < -0.4 is 10.6 Å². The second kappa shape index (κ2) is 7.49. The van der Waals surface area contributed by atoms with Gasteiger partial charge in [0.1, 0.15) is 23.0 Å². The van der Waals surface area contributed by atoms with Gasteiger partial charge in [-0.2, -0.15) is 0 Å². The number of aromatic nitrogens is 1. The molecular formula is C16H15F2N3O3. The number of aryl methyl sites for hydroxylation is 1. The molecule has 0 saturated carbocycles. The molecule has 0 bridgehead atoms. The SMILES string of the molecule is COC(=O)c1cc(F)c(CNC=O)nc1Nc1ccc(C)cc1F. The first-order valence-electron chi connectivity index (χ1n) is 6.94. The van der Waals surface area contributed by atoms with E-state index in [-0.39, 0.29) is 29.3 Å². The Hall–Kier alpha value is -3.03. The van der Waals surface area contributed by atoms with Crippen molar-refractivity contribution in [2.24, 2.45) is 0 Å². The minimum absolute atomic E-state index is 0.0687. The van der Waals surface area contributed by atoms with Gasteiger partial charge < -0.3 is 15.4 Å². The van der Waals surface area contributed by atoms with Crippen molar-refractivity contribution in [2.45, 2.75) is 13.5 Å². The van der Waals surface area contributed by atoms with Crippen molar-refractivity contribution in [3.63, 3.8) is 0 Å². The Labute approximate surface area is 136 Å². The van der Waals surface area contributed by atoms with E-state index in [9.17, 15) is 18.4 Å². The van der Waals surface area contributed by atoms with Gasteiger partial charge in [-0.15, -0.1) is 0 Å². The quantitative estimate of drug-likeness (QED) is 0.626. The van der Waals surface area contributed by atoms with Gasteiger partial charge in [0.15, 0.2) is 0 Å². The number of hydrogen-bond acceptors (Lipinski definition) is 5. The molecule has 2 rings (SSSR count). The summed E-state index contributed by atoms with van der Waals surface area (Å²) in [5.74, 6) is -2.25. The van der Waals surface area contributed by atoms with Crippen LogP contribution >= 0.6 is 0 Å². The van der Waals surface area contributed by atoms with E-state index in [1.54, 1.807) is 13.0 Å². The Bertz CT molecular complexity index is 781. The van der Waals surface area contributed by atoms with E-state index in [0.717, 1.165) is 13.2 Å². The second-order valence-electron chi connectivity index (χ2n) is 4.91. The number of rotatable bonds is 6. The zero-order chi connectivity index (χ0) is 17.7. The van der Waals surface area contributed by atoms with Crippen LogP contribution in [0.3, 0.4) is 0 Å². The Balaban J connectivity index is 2.47. The number of carbonyl (C=O) groups is 2. The predicted molar refractivity (Wildman–Crippen MR) is 82.9 cm³/mol. The zero-order valence-electron chi connectivity index (χ0n) is 13.0. The van der Waals surface area contributed by atoms with Crippen molar-refractivity contribution in [1.29, 1.82) is 0 Å². The van der Waals surface area contributed by atoms with Crippen LogP contribution in [0.4, 0.5) is 20.3 Å². The van der Waals surface area contributed by atoms with Gasteiger partial charge >= 0.3 is 5.97 Å². The molecule has 0 saturated heterocycles. The molecule has 0 aliphatic carbocycles. The van der Waals surface area contributed by atoms with Gasteiger partial charge in [0, 0.05) is 0 Å². The number of ether oxygens (including phenoxy) is 1. The molecular weight excluding hydrogens is 320 g/mol. The molecule has 0 aliphatic rings. The largest absolute Gasteiger partial charge is 0.465 e. The van der Waals surface area contributed by atoms with E-state index >= 15 is 0 Å². The molecule has 1 aromatic heterocycles. The highest BCUT2D eigenvalue weighted by Crippen LogP contribution is 2.24. The number of nitrogens with zero attached hydrogens (tertiary/aromatic N) is 1. The van der Waals surface area contributed by atoms with Gasteiger partial charge in [0.05, 0.1) is 25.0 Å². The third kappa shape index (κ3) is 3.83. The highest BCUT2D eigenvalue weighted by Gasteiger charge is 2.19. The number of carbonyl (C=O) groups excluding carboxylic acids is 2. The Morgan fingerprint density at radius 3 is 2.67 bits per heavy atom. The average Bonchev–Trinajstić information content (AvgIpc) is 2.56. The first-order chi connectivity index (χ1) is 11.5. The summed E-state index contributed by atoms with van der Waals surface area (Å²) in [5.41, 5.74) is 0.489. The minimum atomic E-state index is -0.827. The van der Waals surface area contributed by atoms with Crippen LogP contribution in [0.2, 0.25) is 0 Å². The Morgan fingerprint density at radius 1 is 1.29 bits per heavy atom. The molecule has 0 atom stereocenters. The summed E-state index contributed by atoms with van der Waals surface area (Å²) in [6.07, 6.45) is 0.391. The molecule has 0 fully saturated rings. The van der Waals surface area contributed by atoms with E-state index in [1.165, 1.54) is 12.1 Å². The maximum atomic E-state index is 14.0. The van der Waals surface area contributed by atoms with Gasteiger partial charge in [0.25, 0.3) is 0 Å². The summed E-state index contributed by atoms with van der Waals surface area (Å²) in [7, 11) is 1.14. The smallest absolute Gasteiger partial charge is 0.341 e. The highest BCUT2D eigenvalue weighted by atomic mass is 19.1. The molecule has 2 N–H and O–H groups in total. The Morgan fingerprint density at radius 2 is 2.04 bits per heavy atom. The lowest BCUT2D eigenvalue weighted by Crippen LogP contribution is -2.16. The number of benzene rings is 1.